The first-order chi connectivity index (χ1) is 8.95. The lowest BCUT2D eigenvalue weighted by atomic mass is 9.74. The van der Waals surface area contributed by atoms with Gasteiger partial charge in [0, 0.05) is 18.0 Å². The predicted molar refractivity (Wildman–Crippen MR) is 80.8 cm³/mol. The number of hydrogen-bond donors (Lipinski definition) is 0. The molecule has 0 fully saturated rings. The monoisotopic (exact) mass is 259 g/mol. The molecule has 0 N–H and O–H groups in total. The Bertz CT molecular complexity index is 459. The van der Waals surface area contributed by atoms with Gasteiger partial charge in [-0.3, -0.25) is 4.90 Å². The highest BCUT2D eigenvalue weighted by molar-refractivity contribution is 5.33. The molecule has 1 aromatic carbocycles. The van der Waals surface area contributed by atoms with Crippen LogP contribution in [0, 0.1) is 0 Å². The van der Waals surface area contributed by atoms with Crippen molar-refractivity contribution in [3.8, 4) is 5.75 Å². The van der Waals surface area contributed by atoms with Crippen LogP contribution in [0.1, 0.15) is 32.8 Å². The van der Waals surface area contributed by atoms with E-state index in [-0.39, 0.29) is 5.41 Å². The van der Waals surface area contributed by atoms with E-state index in [0.717, 1.165) is 18.7 Å². The summed E-state index contributed by atoms with van der Waals surface area (Å²) in [6.45, 7) is 7.98. The molecule has 104 valence electrons. The summed E-state index contributed by atoms with van der Waals surface area (Å²) in [5, 5.41) is 0. The summed E-state index contributed by atoms with van der Waals surface area (Å²) in [5.41, 5.74) is 3.01. The Morgan fingerprint density at radius 1 is 1.21 bits per heavy atom. The zero-order chi connectivity index (χ0) is 14.0. The summed E-state index contributed by atoms with van der Waals surface area (Å²) in [6, 6.07) is 9.05. The van der Waals surface area contributed by atoms with E-state index in [4.69, 9.17) is 4.74 Å². The van der Waals surface area contributed by atoms with Gasteiger partial charge in [0.2, 0.25) is 0 Å². The van der Waals surface area contributed by atoms with Gasteiger partial charge in [-0.25, -0.2) is 0 Å². The van der Waals surface area contributed by atoms with E-state index >= 15 is 0 Å². The molecule has 1 heterocycles. The maximum atomic E-state index is 5.25. The molecule has 2 heteroatoms. The standard InChI is InChI=1S/C17H25NO/c1-13-10-11-18(4)16(12-13)17(2,3)14-6-8-15(19-5)9-7-14/h6-10,16H,11-12H2,1-5H3. The molecular formula is C17H25NO. The molecule has 1 aliphatic rings. The Morgan fingerprint density at radius 2 is 1.84 bits per heavy atom. The van der Waals surface area contributed by atoms with Gasteiger partial charge in [0.15, 0.2) is 0 Å². The topological polar surface area (TPSA) is 12.5 Å². The summed E-state index contributed by atoms with van der Waals surface area (Å²) >= 11 is 0. The zero-order valence-electron chi connectivity index (χ0n) is 12.7. The average Bonchev–Trinajstić information content (AvgIpc) is 2.41. The molecule has 0 radical (unpaired) electrons. The highest BCUT2D eigenvalue weighted by Gasteiger charge is 2.35. The van der Waals surface area contributed by atoms with Crippen LogP contribution in [0.2, 0.25) is 0 Å². The Balaban J connectivity index is 2.27. The van der Waals surface area contributed by atoms with Crippen molar-refractivity contribution >= 4 is 0 Å². The Morgan fingerprint density at radius 3 is 2.42 bits per heavy atom. The molecule has 0 bridgehead atoms. The molecule has 1 atom stereocenters. The minimum absolute atomic E-state index is 0.135. The van der Waals surface area contributed by atoms with Crippen molar-refractivity contribution in [2.75, 3.05) is 20.7 Å². The lowest BCUT2D eigenvalue weighted by Gasteiger charge is -2.43. The third-order valence-corrected chi connectivity index (χ3v) is 4.44. The van der Waals surface area contributed by atoms with Crippen molar-refractivity contribution in [1.82, 2.24) is 4.90 Å². The van der Waals surface area contributed by atoms with E-state index < -0.39 is 0 Å². The largest absolute Gasteiger partial charge is 0.497 e. The van der Waals surface area contributed by atoms with E-state index in [1.54, 1.807) is 7.11 Å². The third kappa shape index (κ3) is 2.84. The molecule has 1 aliphatic heterocycles. The average molecular weight is 259 g/mol. The van der Waals surface area contributed by atoms with Crippen molar-refractivity contribution in [2.45, 2.75) is 38.6 Å². The molecular weight excluding hydrogens is 234 g/mol. The van der Waals surface area contributed by atoms with Crippen LogP contribution in [0.15, 0.2) is 35.9 Å². The molecule has 0 spiro atoms. The number of likely N-dealkylation sites (N-methyl/N-ethyl adjacent to an activating group) is 1. The van der Waals surface area contributed by atoms with Gasteiger partial charge in [0.1, 0.15) is 5.75 Å². The van der Waals surface area contributed by atoms with Gasteiger partial charge < -0.3 is 4.74 Å². The number of hydrogen-bond acceptors (Lipinski definition) is 2. The normalized spacial score (nSPS) is 21.1. The van der Waals surface area contributed by atoms with E-state index in [1.807, 2.05) is 0 Å². The van der Waals surface area contributed by atoms with Crippen LogP contribution in [0.4, 0.5) is 0 Å². The van der Waals surface area contributed by atoms with Crippen LogP contribution < -0.4 is 4.74 Å². The van der Waals surface area contributed by atoms with Crippen LogP contribution >= 0.6 is 0 Å². The maximum absolute atomic E-state index is 5.25. The maximum Gasteiger partial charge on any atom is 0.118 e. The highest BCUT2D eigenvalue weighted by atomic mass is 16.5. The first-order valence-corrected chi connectivity index (χ1v) is 6.95. The molecule has 2 nitrogen and oxygen atoms in total. The Kier molecular flexibility index (Phi) is 4.00. The van der Waals surface area contributed by atoms with Crippen LogP contribution in [-0.2, 0) is 5.41 Å². The van der Waals surface area contributed by atoms with Gasteiger partial charge in [-0.15, -0.1) is 0 Å². The predicted octanol–water partition coefficient (Wildman–Crippen LogP) is 3.62. The van der Waals surface area contributed by atoms with Gasteiger partial charge in [0.05, 0.1) is 7.11 Å². The Hall–Kier alpha value is -1.28. The molecule has 0 amide bonds. The second-order valence-electron chi connectivity index (χ2n) is 6.16. The number of benzene rings is 1. The SMILES string of the molecule is COc1ccc(C(C)(C)C2CC(C)=CCN2C)cc1. The second-order valence-corrected chi connectivity index (χ2v) is 6.16. The lowest BCUT2D eigenvalue weighted by molar-refractivity contribution is 0.169. The lowest BCUT2D eigenvalue weighted by Crippen LogP contribution is -2.47. The summed E-state index contributed by atoms with van der Waals surface area (Å²) < 4.78 is 5.25. The van der Waals surface area contributed by atoms with Crippen LogP contribution in [-0.4, -0.2) is 31.6 Å². The molecule has 1 aromatic rings. The fourth-order valence-electron chi connectivity index (χ4n) is 2.99. The summed E-state index contributed by atoms with van der Waals surface area (Å²) in [5.74, 6) is 0.924. The number of rotatable bonds is 3. The van der Waals surface area contributed by atoms with Gasteiger partial charge >= 0.3 is 0 Å². The minimum Gasteiger partial charge on any atom is -0.497 e. The van der Waals surface area contributed by atoms with Crippen molar-refractivity contribution in [3.05, 3.63) is 41.5 Å². The molecule has 0 saturated carbocycles. The summed E-state index contributed by atoms with van der Waals surface area (Å²) in [6.07, 6.45) is 3.48. The molecule has 2 rings (SSSR count). The van der Waals surface area contributed by atoms with E-state index in [9.17, 15) is 0 Å². The van der Waals surface area contributed by atoms with Crippen LogP contribution in [0.3, 0.4) is 0 Å². The van der Waals surface area contributed by atoms with Crippen LogP contribution in [0.5, 0.6) is 5.75 Å². The zero-order valence-corrected chi connectivity index (χ0v) is 12.7. The van der Waals surface area contributed by atoms with Crippen molar-refractivity contribution in [1.29, 1.82) is 0 Å². The quantitative estimate of drug-likeness (QED) is 0.769. The second kappa shape index (κ2) is 5.38. The van der Waals surface area contributed by atoms with Gasteiger partial charge in [-0.05, 0) is 38.1 Å². The van der Waals surface area contributed by atoms with Crippen molar-refractivity contribution in [2.24, 2.45) is 0 Å². The minimum atomic E-state index is 0.135. The Labute approximate surface area is 117 Å². The van der Waals surface area contributed by atoms with Crippen molar-refractivity contribution in [3.63, 3.8) is 0 Å². The van der Waals surface area contributed by atoms with E-state index in [1.165, 1.54) is 11.1 Å². The third-order valence-electron chi connectivity index (χ3n) is 4.44. The van der Waals surface area contributed by atoms with Crippen molar-refractivity contribution < 1.29 is 4.74 Å². The van der Waals surface area contributed by atoms with Gasteiger partial charge in [0.25, 0.3) is 0 Å². The van der Waals surface area contributed by atoms with Gasteiger partial charge in [-0.2, -0.15) is 0 Å². The first kappa shape index (κ1) is 14.1. The summed E-state index contributed by atoms with van der Waals surface area (Å²) in [4.78, 5) is 2.46. The van der Waals surface area contributed by atoms with Gasteiger partial charge in [-0.1, -0.05) is 37.6 Å². The van der Waals surface area contributed by atoms with E-state index in [2.05, 4.69) is 63.1 Å². The fourth-order valence-corrected chi connectivity index (χ4v) is 2.99. The molecule has 19 heavy (non-hydrogen) atoms. The molecule has 0 saturated heterocycles. The number of ether oxygens (including phenoxy) is 1. The molecule has 0 aliphatic carbocycles. The smallest absolute Gasteiger partial charge is 0.118 e. The molecule has 1 unspecified atom stereocenters. The highest BCUT2D eigenvalue weighted by Crippen LogP contribution is 2.35. The fraction of sp³-hybridized carbons (Fsp3) is 0.529. The number of methoxy groups -OCH3 is 1. The number of nitrogens with zero attached hydrogens (tertiary/aromatic N) is 1. The van der Waals surface area contributed by atoms with Crippen LogP contribution in [0.25, 0.3) is 0 Å². The summed E-state index contributed by atoms with van der Waals surface area (Å²) in [7, 11) is 3.93. The van der Waals surface area contributed by atoms with E-state index in [0.29, 0.717) is 6.04 Å². The molecule has 0 aromatic heterocycles. The first-order valence-electron chi connectivity index (χ1n) is 6.95.